The Morgan fingerprint density at radius 1 is 1.14 bits per heavy atom. The minimum absolute atomic E-state index is 0.232. The predicted molar refractivity (Wildman–Crippen MR) is 137 cm³/mol. The first-order valence-corrected chi connectivity index (χ1v) is 12.8. The summed E-state index contributed by atoms with van der Waals surface area (Å²) in [7, 11) is 0. The molecule has 3 N–H and O–H groups in total. The van der Waals surface area contributed by atoms with Crippen molar-refractivity contribution >= 4 is 27.7 Å². The van der Waals surface area contributed by atoms with Crippen molar-refractivity contribution in [3.05, 3.63) is 42.2 Å². The lowest BCUT2D eigenvalue weighted by Crippen LogP contribution is -2.48. The van der Waals surface area contributed by atoms with Crippen molar-refractivity contribution in [2.24, 2.45) is 17.6 Å². The topological polar surface area (TPSA) is 121 Å². The maximum Gasteiger partial charge on any atom is 0.208 e. The molecule has 0 aromatic carbocycles. The molecule has 178 valence electrons. The molecule has 3 atom stereocenters. The predicted octanol–water partition coefficient (Wildman–Crippen LogP) is 3.78. The third-order valence-corrected chi connectivity index (χ3v) is 8.08. The average Bonchev–Trinajstić information content (AvgIpc) is 3.54. The molecule has 10 heteroatoms. The first-order valence-electron chi connectivity index (χ1n) is 12.0. The van der Waals surface area contributed by atoms with Crippen LogP contribution in [0, 0.1) is 23.2 Å². The van der Waals surface area contributed by atoms with E-state index in [1.165, 1.54) is 12.8 Å². The van der Waals surface area contributed by atoms with E-state index in [9.17, 15) is 0 Å². The molecule has 1 saturated carbocycles. The van der Waals surface area contributed by atoms with E-state index in [0.717, 1.165) is 51.4 Å². The highest BCUT2D eigenvalue weighted by molar-refractivity contribution is 7.18. The number of rotatable bonds is 5. The Hall–Kier alpha value is -3.55. The number of nitriles is 1. The van der Waals surface area contributed by atoms with E-state index in [1.54, 1.807) is 22.0 Å². The zero-order valence-corrected chi connectivity index (χ0v) is 20.5. The first kappa shape index (κ1) is 21.9. The minimum Gasteiger partial charge on any atom is -0.382 e. The third kappa shape index (κ3) is 3.90. The van der Waals surface area contributed by atoms with Crippen LogP contribution in [0.5, 0.6) is 0 Å². The zero-order valence-electron chi connectivity index (χ0n) is 19.7. The zero-order chi connectivity index (χ0) is 24.1. The second-order valence-electron chi connectivity index (χ2n) is 9.80. The number of fused-ring (bicyclic) bond motifs is 3. The molecule has 0 spiro atoms. The second-order valence-corrected chi connectivity index (χ2v) is 10.8. The Labute approximate surface area is 207 Å². The summed E-state index contributed by atoms with van der Waals surface area (Å²) >= 11 is 1.61. The van der Waals surface area contributed by atoms with Crippen molar-refractivity contribution < 1.29 is 0 Å². The van der Waals surface area contributed by atoms with E-state index in [1.807, 2.05) is 30.5 Å². The lowest BCUT2D eigenvalue weighted by atomic mass is 9.93. The van der Waals surface area contributed by atoms with E-state index in [2.05, 4.69) is 45.4 Å². The smallest absolute Gasteiger partial charge is 0.208 e. The fourth-order valence-electron chi connectivity index (χ4n) is 5.32. The van der Waals surface area contributed by atoms with Gasteiger partial charge < -0.3 is 16.0 Å². The van der Waals surface area contributed by atoms with Crippen LogP contribution in [0.1, 0.15) is 32.3 Å². The fraction of sp³-hybridized carbons (Fsp3) is 0.400. The molecule has 5 heterocycles. The molecule has 2 bridgehead atoms. The van der Waals surface area contributed by atoms with Gasteiger partial charge in [-0.3, -0.25) is 4.98 Å². The SMILES string of the molecule is CC(C)Nc1cc(-c2ccc3cc(C#N)cnn23)ncc1-c1nnc(N2C[C@H]3CC[C@@H](C2)[C@H]3N)s1. The summed E-state index contributed by atoms with van der Waals surface area (Å²) in [4.78, 5) is 7.13. The van der Waals surface area contributed by atoms with Gasteiger partial charge in [0, 0.05) is 37.1 Å². The molecular weight excluding hydrogens is 458 g/mol. The number of nitrogens with one attached hydrogen (secondary N) is 1. The summed E-state index contributed by atoms with van der Waals surface area (Å²) in [5.74, 6) is 1.10. The van der Waals surface area contributed by atoms with Crippen molar-refractivity contribution in [2.75, 3.05) is 23.3 Å². The highest BCUT2D eigenvalue weighted by Gasteiger charge is 2.40. The van der Waals surface area contributed by atoms with Gasteiger partial charge in [-0.15, -0.1) is 10.2 Å². The molecule has 1 aliphatic heterocycles. The summed E-state index contributed by atoms with van der Waals surface area (Å²) in [5, 5.41) is 28.1. The number of aromatic nitrogens is 5. The quantitative estimate of drug-likeness (QED) is 0.438. The largest absolute Gasteiger partial charge is 0.382 e. The Kier molecular flexibility index (Phi) is 5.39. The van der Waals surface area contributed by atoms with Crippen molar-refractivity contribution in [1.29, 1.82) is 5.26 Å². The Morgan fingerprint density at radius 3 is 2.69 bits per heavy atom. The summed E-state index contributed by atoms with van der Waals surface area (Å²) in [5.41, 5.74) is 11.3. The van der Waals surface area contributed by atoms with E-state index in [4.69, 9.17) is 16.0 Å². The van der Waals surface area contributed by atoms with E-state index >= 15 is 0 Å². The van der Waals surface area contributed by atoms with Crippen molar-refractivity contribution in [3.8, 4) is 28.0 Å². The number of nitrogens with two attached hydrogens (primary N) is 1. The van der Waals surface area contributed by atoms with E-state index in [-0.39, 0.29) is 6.04 Å². The van der Waals surface area contributed by atoms with Gasteiger partial charge in [0.25, 0.3) is 0 Å². The van der Waals surface area contributed by atoms with Crippen LogP contribution in [-0.4, -0.2) is 50.0 Å². The van der Waals surface area contributed by atoms with Crippen LogP contribution in [0.4, 0.5) is 10.8 Å². The first-order chi connectivity index (χ1) is 17.0. The van der Waals surface area contributed by atoms with Gasteiger partial charge in [-0.25, -0.2) is 4.52 Å². The van der Waals surface area contributed by atoms with Crippen LogP contribution in [-0.2, 0) is 0 Å². The van der Waals surface area contributed by atoms with Gasteiger partial charge in [-0.05, 0) is 62.8 Å². The number of pyridine rings is 1. The van der Waals surface area contributed by atoms with E-state index < -0.39 is 0 Å². The summed E-state index contributed by atoms with van der Waals surface area (Å²) < 4.78 is 1.81. The fourth-order valence-corrected chi connectivity index (χ4v) is 6.21. The van der Waals surface area contributed by atoms with Crippen LogP contribution in [0.3, 0.4) is 0 Å². The number of nitrogens with zero attached hydrogens (tertiary/aromatic N) is 7. The molecule has 4 aromatic heterocycles. The van der Waals surface area contributed by atoms with Crippen LogP contribution >= 0.6 is 11.3 Å². The Morgan fingerprint density at radius 2 is 1.94 bits per heavy atom. The standard InChI is InChI=1S/C25H27N9S/c1-14(2)30-20-8-21(22-6-5-18-7-15(9-26)10-29-34(18)22)28-11-19(20)24-31-32-25(35-24)33-12-16-3-4-17(13-33)23(16)27/h5-8,10-11,14,16-17,23H,3-4,12-13,27H2,1-2H3,(H,28,30)/t16-,17+,23+. The average molecular weight is 486 g/mol. The third-order valence-electron chi connectivity index (χ3n) is 7.06. The molecular formula is C25H27N9S. The van der Waals surface area contributed by atoms with Gasteiger partial charge in [0.2, 0.25) is 5.13 Å². The molecule has 9 nitrogen and oxygen atoms in total. The van der Waals surface area contributed by atoms with Gasteiger partial charge in [0.05, 0.1) is 34.2 Å². The number of hydrogen-bond donors (Lipinski definition) is 2. The van der Waals surface area contributed by atoms with Crippen molar-refractivity contribution in [1.82, 2.24) is 24.8 Å². The van der Waals surface area contributed by atoms with Gasteiger partial charge >= 0.3 is 0 Å². The Balaban J connectivity index is 1.34. The molecule has 1 aliphatic carbocycles. The number of piperidine rings is 1. The summed E-state index contributed by atoms with van der Waals surface area (Å²) in [6, 6.07) is 10.5. The molecule has 0 amide bonds. The molecule has 2 fully saturated rings. The Bertz CT molecular complexity index is 1420. The van der Waals surface area contributed by atoms with Crippen LogP contribution in [0.25, 0.3) is 27.5 Å². The normalized spacial score (nSPS) is 21.6. The van der Waals surface area contributed by atoms with Gasteiger partial charge in [-0.2, -0.15) is 10.4 Å². The summed E-state index contributed by atoms with van der Waals surface area (Å²) in [6.45, 7) is 6.14. The van der Waals surface area contributed by atoms with Crippen molar-refractivity contribution in [3.63, 3.8) is 0 Å². The molecule has 6 rings (SSSR count). The maximum atomic E-state index is 9.17. The van der Waals surface area contributed by atoms with Crippen LogP contribution in [0.15, 0.2) is 36.7 Å². The number of hydrogen-bond acceptors (Lipinski definition) is 9. The van der Waals surface area contributed by atoms with Crippen LogP contribution < -0.4 is 16.0 Å². The monoisotopic (exact) mass is 485 g/mol. The highest BCUT2D eigenvalue weighted by Crippen LogP contribution is 2.40. The lowest BCUT2D eigenvalue weighted by Gasteiger charge is -2.35. The second kappa shape index (κ2) is 8.59. The highest BCUT2D eigenvalue weighted by atomic mass is 32.1. The van der Waals surface area contributed by atoms with Gasteiger partial charge in [0.1, 0.15) is 6.07 Å². The summed E-state index contributed by atoms with van der Waals surface area (Å²) in [6.07, 6.45) is 5.86. The van der Waals surface area contributed by atoms with E-state index in [0.29, 0.717) is 23.4 Å². The molecule has 1 saturated heterocycles. The van der Waals surface area contributed by atoms with Crippen LogP contribution in [0.2, 0.25) is 0 Å². The lowest BCUT2D eigenvalue weighted by molar-refractivity contribution is 0.356. The minimum atomic E-state index is 0.232. The molecule has 0 unspecified atom stereocenters. The van der Waals surface area contributed by atoms with Gasteiger partial charge in [0.15, 0.2) is 5.01 Å². The van der Waals surface area contributed by atoms with Gasteiger partial charge in [-0.1, -0.05) is 11.3 Å². The molecule has 4 aromatic rings. The maximum absolute atomic E-state index is 9.17. The molecule has 0 radical (unpaired) electrons. The van der Waals surface area contributed by atoms with Crippen molar-refractivity contribution in [2.45, 2.75) is 38.8 Å². The molecule has 35 heavy (non-hydrogen) atoms. The molecule has 2 aliphatic rings. The number of anilines is 2.